The molecule has 0 saturated heterocycles. The van der Waals surface area contributed by atoms with E-state index >= 15 is 13.2 Å². The van der Waals surface area contributed by atoms with E-state index in [2.05, 4.69) is 13.8 Å². The van der Waals surface area contributed by atoms with Crippen LogP contribution in [-0.2, 0) is 49.3 Å². The minimum atomic E-state index is -5.15. The van der Waals surface area contributed by atoms with Gasteiger partial charge in [-0.05, 0) is 116 Å². The first-order chi connectivity index (χ1) is 30.8. The molecule has 0 aromatic heterocycles. The van der Waals surface area contributed by atoms with Crippen LogP contribution in [0.15, 0.2) is 72.3 Å². The molecule has 0 heterocycles. The predicted octanol–water partition coefficient (Wildman–Crippen LogP) is 12.0. The molecule has 2 aromatic carbocycles. The molecule has 5 aliphatic carbocycles. The third-order valence-electron chi connectivity index (χ3n) is 18.4. The van der Waals surface area contributed by atoms with Crippen LogP contribution >= 0.6 is 0 Å². The molecule has 3 unspecified atom stereocenters. The molecule has 5 aliphatic rings. The van der Waals surface area contributed by atoms with Gasteiger partial charge in [0.2, 0.25) is 0 Å². The van der Waals surface area contributed by atoms with Crippen molar-refractivity contribution in [1.29, 1.82) is 0 Å². The highest BCUT2D eigenvalue weighted by molar-refractivity contribution is 5.83. The summed E-state index contributed by atoms with van der Waals surface area (Å²) in [6.45, 7) is 13.8. The van der Waals surface area contributed by atoms with E-state index in [1.807, 2.05) is 20.8 Å². The van der Waals surface area contributed by atoms with Crippen LogP contribution in [0.2, 0.25) is 0 Å². The Morgan fingerprint density at radius 1 is 0.697 bits per heavy atom. The molecule has 2 aromatic rings. The van der Waals surface area contributed by atoms with Gasteiger partial charge in [0.05, 0.1) is 0 Å². The molecule has 0 amide bonds. The summed E-state index contributed by atoms with van der Waals surface area (Å²) in [6.07, 6.45) is -2.88. The van der Waals surface area contributed by atoms with Gasteiger partial charge >= 0.3 is 30.3 Å². The van der Waals surface area contributed by atoms with Gasteiger partial charge in [-0.15, -0.1) is 0 Å². The molecule has 7 rings (SSSR count). The number of carbonyl (C=O) groups excluding carboxylic acids is 3. The SMILES string of the molecule is COC(C(=O)O[C@@H](C/C=C(/C)COC(C)=O)[C@@H](C)[C@H]1CC[C@@]2(C)[C@@H]3CCC4C(C)(C)[C@@H](OC(=O)C(OC)(c5ccccc5)C(F)(F)F)CC[C@@]45C[C@@]35CC[C@]12C)(c1ccccc1)C(F)(F)F. The minimum absolute atomic E-state index is 0.0102. The molecule has 0 radical (unpaired) electrons. The van der Waals surface area contributed by atoms with Crippen molar-refractivity contribution < 1.29 is 64.4 Å². The third-order valence-corrected chi connectivity index (χ3v) is 18.4. The number of carbonyl (C=O) groups is 3. The van der Waals surface area contributed by atoms with Gasteiger partial charge in [-0.1, -0.05) is 101 Å². The first-order valence-electron chi connectivity index (χ1n) is 23.4. The Morgan fingerprint density at radius 3 is 1.76 bits per heavy atom. The minimum Gasteiger partial charge on any atom is -0.461 e. The predicted molar refractivity (Wildman–Crippen MR) is 233 cm³/mol. The van der Waals surface area contributed by atoms with Crippen LogP contribution in [-0.4, -0.2) is 63.3 Å². The highest BCUT2D eigenvalue weighted by Crippen LogP contribution is 2.89. The van der Waals surface area contributed by atoms with Crippen LogP contribution in [0.5, 0.6) is 0 Å². The Morgan fingerprint density at radius 2 is 1.23 bits per heavy atom. The second-order valence-electron chi connectivity index (χ2n) is 21.3. The zero-order chi connectivity index (χ0) is 48.5. The number of hydrogen-bond acceptors (Lipinski definition) is 8. The number of hydrogen-bond donors (Lipinski definition) is 0. The Labute approximate surface area is 384 Å². The molecular formula is C52H66F6O8. The Balaban J connectivity index is 1.14. The maximum absolute atomic E-state index is 15.1. The van der Waals surface area contributed by atoms with E-state index in [9.17, 15) is 27.6 Å². The highest BCUT2D eigenvalue weighted by atomic mass is 19.4. The largest absolute Gasteiger partial charge is 0.461 e. The van der Waals surface area contributed by atoms with Crippen LogP contribution < -0.4 is 0 Å². The molecule has 66 heavy (non-hydrogen) atoms. The molecular weight excluding hydrogens is 867 g/mol. The van der Waals surface area contributed by atoms with Crippen molar-refractivity contribution in [2.24, 2.45) is 50.7 Å². The lowest BCUT2D eigenvalue weighted by Crippen LogP contribution is -2.59. The van der Waals surface area contributed by atoms with Gasteiger partial charge in [-0.2, -0.15) is 26.3 Å². The molecule has 5 fully saturated rings. The molecule has 14 heteroatoms. The number of fused-ring (bicyclic) bond motifs is 2. The lowest BCUT2D eigenvalue weighted by molar-refractivity contribution is -0.282. The molecule has 0 aliphatic heterocycles. The Kier molecular flexibility index (Phi) is 13.1. The standard InChI is InChI=1S/C52H66F6O8/c1-32(30-64-34(3)59)20-21-38(65-42(60)49(62-8,51(53,54)55)35-16-12-10-13-17-35)33(2)37-24-26-46(7)40-23-22-39-44(4,5)41(25-27-47(39)31-48(40,47)29-28-45(37,46)6)66-43(61)50(63-9,52(56,57)58)36-18-14-11-15-19-36/h10-20,33,37-41H,21-31H2,1-9H3/b32-20-/t33-,37+,38-,39?,40-,41-,45+,46-,47+,48-,49?,50?/m0/s1. The van der Waals surface area contributed by atoms with Crippen LogP contribution in [0.25, 0.3) is 0 Å². The van der Waals surface area contributed by atoms with E-state index in [0.717, 1.165) is 65.6 Å². The van der Waals surface area contributed by atoms with Gasteiger partial charge < -0.3 is 23.7 Å². The van der Waals surface area contributed by atoms with Gasteiger partial charge in [0.1, 0.15) is 18.8 Å². The van der Waals surface area contributed by atoms with Crippen molar-refractivity contribution in [3.05, 3.63) is 83.4 Å². The van der Waals surface area contributed by atoms with Gasteiger partial charge in [0.25, 0.3) is 11.2 Å². The fraction of sp³-hybridized carbons (Fsp3) is 0.673. The molecule has 364 valence electrons. The molecule has 2 spiro atoms. The van der Waals surface area contributed by atoms with Crippen molar-refractivity contribution in [3.8, 4) is 0 Å². The zero-order valence-electron chi connectivity index (χ0n) is 39.6. The average molecular weight is 933 g/mol. The number of halogens is 6. The van der Waals surface area contributed by atoms with Gasteiger partial charge in [-0.25, -0.2) is 9.59 Å². The number of methoxy groups -OCH3 is 2. The number of alkyl halides is 6. The number of rotatable bonds is 14. The topological polar surface area (TPSA) is 97.4 Å². The van der Waals surface area contributed by atoms with Gasteiger partial charge in [0, 0.05) is 44.1 Å². The van der Waals surface area contributed by atoms with Crippen molar-refractivity contribution in [2.45, 2.75) is 148 Å². The average Bonchev–Trinajstić information content (AvgIpc) is 3.84. The first kappa shape index (κ1) is 50.0. The van der Waals surface area contributed by atoms with Crippen molar-refractivity contribution in [2.75, 3.05) is 20.8 Å². The van der Waals surface area contributed by atoms with Gasteiger partial charge in [-0.3, -0.25) is 4.79 Å². The maximum Gasteiger partial charge on any atom is 0.432 e. The second-order valence-corrected chi connectivity index (χ2v) is 21.3. The molecule has 0 bridgehead atoms. The number of ether oxygens (including phenoxy) is 5. The summed E-state index contributed by atoms with van der Waals surface area (Å²) >= 11 is 0. The van der Waals surface area contributed by atoms with Crippen molar-refractivity contribution in [3.63, 3.8) is 0 Å². The summed E-state index contributed by atoms with van der Waals surface area (Å²) in [4.78, 5) is 39.7. The van der Waals surface area contributed by atoms with Crippen molar-refractivity contribution >= 4 is 17.9 Å². The lowest BCUT2D eigenvalue weighted by Gasteiger charge is -2.63. The summed E-state index contributed by atoms with van der Waals surface area (Å²) in [5.74, 6) is -3.49. The summed E-state index contributed by atoms with van der Waals surface area (Å²) in [5, 5.41) is 0. The number of esters is 3. The van der Waals surface area contributed by atoms with Gasteiger partial charge in [0.15, 0.2) is 0 Å². The highest BCUT2D eigenvalue weighted by Gasteiger charge is 2.82. The van der Waals surface area contributed by atoms with Crippen LogP contribution in [0, 0.1) is 50.7 Å². The summed E-state index contributed by atoms with van der Waals surface area (Å²) in [5.41, 5.74) is -7.88. The van der Waals surface area contributed by atoms with E-state index in [1.54, 1.807) is 25.1 Å². The second kappa shape index (κ2) is 17.2. The van der Waals surface area contributed by atoms with E-state index < -0.39 is 64.6 Å². The fourth-order valence-corrected chi connectivity index (χ4v) is 14.9. The monoisotopic (exact) mass is 932 g/mol. The maximum atomic E-state index is 15.1. The summed E-state index contributed by atoms with van der Waals surface area (Å²) < 4.78 is 118. The molecule has 12 atom stereocenters. The molecule has 5 saturated carbocycles. The van der Waals surface area contributed by atoms with Crippen molar-refractivity contribution in [1.82, 2.24) is 0 Å². The zero-order valence-corrected chi connectivity index (χ0v) is 39.6. The van der Waals surface area contributed by atoms with E-state index in [4.69, 9.17) is 23.7 Å². The van der Waals surface area contributed by atoms with E-state index in [-0.39, 0.29) is 58.0 Å². The fourth-order valence-electron chi connectivity index (χ4n) is 14.9. The van der Waals surface area contributed by atoms with Crippen LogP contribution in [0.1, 0.15) is 124 Å². The molecule has 0 N–H and O–H groups in total. The normalized spacial score (nSPS) is 34.1. The molecule has 8 nitrogen and oxygen atoms in total. The first-order valence-corrected chi connectivity index (χ1v) is 23.4. The Bertz CT molecular complexity index is 2160. The van der Waals surface area contributed by atoms with Crippen LogP contribution in [0.4, 0.5) is 26.3 Å². The van der Waals surface area contributed by atoms with E-state index in [0.29, 0.717) is 17.9 Å². The van der Waals surface area contributed by atoms with E-state index in [1.165, 1.54) is 55.5 Å². The third kappa shape index (κ3) is 7.43. The lowest BCUT2D eigenvalue weighted by atomic mass is 9.41. The van der Waals surface area contributed by atoms with Crippen LogP contribution in [0.3, 0.4) is 0 Å². The number of benzene rings is 2. The Hall–Kier alpha value is -3.91. The summed E-state index contributed by atoms with van der Waals surface area (Å²) in [6, 6.07) is 13.7. The smallest absolute Gasteiger partial charge is 0.432 e. The quantitative estimate of drug-likeness (QED) is 0.0800. The summed E-state index contributed by atoms with van der Waals surface area (Å²) in [7, 11) is 1.74.